The Bertz CT molecular complexity index is 779. The van der Waals surface area contributed by atoms with Gasteiger partial charge in [0.2, 0.25) is 5.91 Å². The Morgan fingerprint density at radius 1 is 1.24 bits per heavy atom. The summed E-state index contributed by atoms with van der Waals surface area (Å²) in [7, 11) is 0. The molecule has 0 bridgehead atoms. The molecule has 0 aliphatic carbocycles. The number of aromatic nitrogens is 1. The fourth-order valence-corrected chi connectivity index (χ4v) is 3.62. The van der Waals surface area contributed by atoms with Crippen LogP contribution in [-0.2, 0) is 20.7 Å². The normalized spacial score (nSPS) is 13.5. The van der Waals surface area contributed by atoms with E-state index in [1.165, 1.54) is 16.7 Å². The number of anilines is 1. The first-order valence-electron chi connectivity index (χ1n) is 8.24. The molecule has 2 heterocycles. The Morgan fingerprint density at radius 3 is 2.92 bits per heavy atom. The maximum absolute atomic E-state index is 12.1. The molecule has 1 aromatic carbocycles. The van der Waals surface area contributed by atoms with Crippen LogP contribution in [0.1, 0.15) is 17.8 Å². The lowest BCUT2D eigenvalue weighted by molar-refractivity contribution is -0.142. The van der Waals surface area contributed by atoms with Gasteiger partial charge in [-0.05, 0) is 44.0 Å². The highest BCUT2D eigenvalue weighted by atomic mass is 32.2. The first-order valence-corrected chi connectivity index (χ1v) is 9.22. The molecule has 1 aromatic heterocycles. The molecular weight excluding hydrogens is 336 g/mol. The summed E-state index contributed by atoms with van der Waals surface area (Å²) in [4.78, 5) is 31.2. The van der Waals surface area contributed by atoms with Crippen LogP contribution < -0.4 is 4.90 Å². The fraction of sp³-hybridized carbons (Fsp3) is 0.316. The van der Waals surface area contributed by atoms with Gasteiger partial charge in [0, 0.05) is 16.3 Å². The van der Waals surface area contributed by atoms with Gasteiger partial charge in [0.1, 0.15) is 6.54 Å². The average molecular weight is 356 g/mol. The van der Waals surface area contributed by atoms with E-state index in [0.29, 0.717) is 18.8 Å². The van der Waals surface area contributed by atoms with E-state index >= 15 is 0 Å². The Balaban J connectivity index is 1.49. The van der Waals surface area contributed by atoms with Crippen LogP contribution in [0.15, 0.2) is 47.4 Å². The highest BCUT2D eigenvalue weighted by Crippen LogP contribution is 2.34. The number of hydrogen-bond donors (Lipinski definition) is 0. The van der Waals surface area contributed by atoms with Crippen molar-refractivity contribution in [1.82, 2.24) is 4.98 Å². The molecule has 3 rings (SSSR count). The van der Waals surface area contributed by atoms with Crippen molar-refractivity contribution < 1.29 is 14.3 Å². The van der Waals surface area contributed by atoms with E-state index in [4.69, 9.17) is 4.74 Å². The zero-order valence-electron chi connectivity index (χ0n) is 14.1. The zero-order valence-corrected chi connectivity index (χ0v) is 14.9. The maximum atomic E-state index is 12.1. The van der Waals surface area contributed by atoms with Crippen molar-refractivity contribution in [3.05, 3.63) is 53.9 Å². The van der Waals surface area contributed by atoms with Crippen LogP contribution in [-0.4, -0.2) is 35.8 Å². The van der Waals surface area contributed by atoms with Crippen molar-refractivity contribution in [1.29, 1.82) is 0 Å². The third kappa shape index (κ3) is 4.60. The largest absolute Gasteiger partial charge is 0.464 e. The lowest BCUT2D eigenvalue weighted by atomic mass is 10.2. The number of ether oxygens (including phenoxy) is 1. The molecule has 0 atom stereocenters. The lowest BCUT2D eigenvalue weighted by Gasteiger charge is -2.27. The number of fused-ring (bicyclic) bond motifs is 1. The second-order valence-corrected chi connectivity index (χ2v) is 6.85. The van der Waals surface area contributed by atoms with E-state index in [2.05, 4.69) is 4.98 Å². The molecule has 5 nitrogen and oxygen atoms in total. The Hall–Kier alpha value is -2.34. The molecule has 0 N–H and O–H groups in total. The van der Waals surface area contributed by atoms with E-state index in [1.807, 2.05) is 49.4 Å². The number of carbonyl (C=O) groups excluding carboxylic acids is 2. The van der Waals surface area contributed by atoms with Crippen LogP contribution in [0.4, 0.5) is 5.69 Å². The van der Waals surface area contributed by atoms with Gasteiger partial charge in [-0.15, -0.1) is 11.8 Å². The van der Waals surface area contributed by atoms with Gasteiger partial charge in [-0.25, -0.2) is 0 Å². The Morgan fingerprint density at radius 2 is 2.08 bits per heavy atom. The minimum atomic E-state index is -0.382. The minimum Gasteiger partial charge on any atom is -0.464 e. The highest BCUT2D eigenvalue weighted by molar-refractivity contribution is 8.00. The zero-order chi connectivity index (χ0) is 17.6. The summed E-state index contributed by atoms with van der Waals surface area (Å²) in [5, 5.41) is 0. The van der Waals surface area contributed by atoms with Crippen LogP contribution >= 0.6 is 11.8 Å². The third-order valence-corrected chi connectivity index (χ3v) is 4.93. The summed E-state index contributed by atoms with van der Waals surface area (Å²) in [5.41, 5.74) is 2.76. The molecule has 1 aliphatic rings. The summed E-state index contributed by atoms with van der Waals surface area (Å²) in [6.45, 7) is 2.24. The molecule has 1 aliphatic heterocycles. The summed E-state index contributed by atoms with van der Waals surface area (Å²) >= 11 is 1.50. The number of aryl methyl sites for hydroxylation is 2. The van der Waals surface area contributed by atoms with E-state index in [1.54, 1.807) is 0 Å². The predicted octanol–water partition coefficient (Wildman–Crippen LogP) is 3.00. The molecule has 130 valence electrons. The molecule has 0 fully saturated rings. The van der Waals surface area contributed by atoms with E-state index in [-0.39, 0.29) is 18.4 Å². The maximum Gasteiger partial charge on any atom is 0.326 e. The second-order valence-electron chi connectivity index (χ2n) is 5.83. The monoisotopic (exact) mass is 356 g/mol. The molecule has 1 amide bonds. The Kier molecular flexibility index (Phi) is 5.71. The predicted molar refractivity (Wildman–Crippen MR) is 97.8 cm³/mol. The summed E-state index contributed by atoms with van der Waals surface area (Å²) < 4.78 is 5.29. The molecular formula is C19H20N2O3S. The van der Waals surface area contributed by atoms with Crippen LogP contribution in [0.25, 0.3) is 0 Å². The molecule has 6 heteroatoms. The highest BCUT2D eigenvalue weighted by Gasteiger charge is 2.26. The number of amides is 1. The van der Waals surface area contributed by atoms with E-state index in [0.717, 1.165) is 28.4 Å². The first-order chi connectivity index (χ1) is 12.1. The van der Waals surface area contributed by atoms with Crippen LogP contribution in [0.5, 0.6) is 0 Å². The summed E-state index contributed by atoms with van der Waals surface area (Å²) in [6.07, 6.45) is 1.47. The summed E-state index contributed by atoms with van der Waals surface area (Å²) in [5.74, 6) is -0.0968. The average Bonchev–Trinajstić information content (AvgIpc) is 2.61. The van der Waals surface area contributed by atoms with Gasteiger partial charge in [0.05, 0.1) is 18.0 Å². The number of nitrogens with zero attached hydrogens (tertiary/aromatic N) is 2. The Labute approximate surface area is 151 Å². The topological polar surface area (TPSA) is 59.5 Å². The minimum absolute atomic E-state index is 0.0426. The number of para-hydroxylation sites is 1. The summed E-state index contributed by atoms with van der Waals surface area (Å²) in [6, 6.07) is 13.5. The van der Waals surface area contributed by atoms with Crippen molar-refractivity contribution in [3.8, 4) is 0 Å². The van der Waals surface area contributed by atoms with E-state index in [9.17, 15) is 9.59 Å². The lowest BCUT2D eigenvalue weighted by Crippen LogP contribution is -2.39. The molecule has 0 saturated heterocycles. The standard InChI is InChI=1S/C19H20N2O3S/c1-14-6-4-7-15(20-14)8-5-11-24-19(23)12-21-16-9-2-3-10-17(16)25-13-18(21)22/h2-4,6-7,9-10H,5,8,11-13H2,1H3. The van der Waals surface area contributed by atoms with Crippen LogP contribution in [0.2, 0.25) is 0 Å². The van der Waals surface area contributed by atoms with Crippen molar-refractivity contribution in [2.24, 2.45) is 0 Å². The van der Waals surface area contributed by atoms with Crippen molar-refractivity contribution in [3.63, 3.8) is 0 Å². The second kappa shape index (κ2) is 8.16. The van der Waals surface area contributed by atoms with Gasteiger partial charge < -0.3 is 4.74 Å². The van der Waals surface area contributed by atoms with Gasteiger partial charge in [0.25, 0.3) is 0 Å². The number of pyridine rings is 1. The first kappa shape index (κ1) is 17.5. The number of carbonyl (C=O) groups is 2. The van der Waals surface area contributed by atoms with Crippen molar-refractivity contribution in [2.75, 3.05) is 23.8 Å². The smallest absolute Gasteiger partial charge is 0.326 e. The van der Waals surface area contributed by atoms with Gasteiger partial charge >= 0.3 is 5.97 Å². The van der Waals surface area contributed by atoms with Gasteiger partial charge in [-0.3, -0.25) is 19.5 Å². The molecule has 0 saturated carbocycles. The molecule has 0 spiro atoms. The molecule has 0 unspecified atom stereocenters. The molecule has 2 aromatic rings. The van der Waals surface area contributed by atoms with Gasteiger partial charge in [0.15, 0.2) is 0 Å². The van der Waals surface area contributed by atoms with E-state index < -0.39 is 0 Å². The number of esters is 1. The van der Waals surface area contributed by atoms with Gasteiger partial charge in [-0.2, -0.15) is 0 Å². The molecule has 25 heavy (non-hydrogen) atoms. The van der Waals surface area contributed by atoms with Crippen molar-refractivity contribution >= 4 is 29.3 Å². The number of thioether (sulfide) groups is 1. The van der Waals surface area contributed by atoms with Crippen molar-refractivity contribution in [2.45, 2.75) is 24.7 Å². The molecule has 0 radical (unpaired) electrons. The van der Waals surface area contributed by atoms with Crippen LogP contribution in [0.3, 0.4) is 0 Å². The quantitative estimate of drug-likeness (QED) is 0.588. The number of rotatable bonds is 6. The van der Waals surface area contributed by atoms with Crippen LogP contribution in [0, 0.1) is 6.92 Å². The number of benzene rings is 1. The SMILES string of the molecule is Cc1cccc(CCCOC(=O)CN2C(=O)CSc3ccccc32)n1. The van der Waals surface area contributed by atoms with Gasteiger partial charge in [-0.1, -0.05) is 18.2 Å². The third-order valence-electron chi connectivity index (χ3n) is 3.88. The fourth-order valence-electron chi connectivity index (χ4n) is 2.68. The number of hydrogen-bond acceptors (Lipinski definition) is 5.